The van der Waals surface area contributed by atoms with E-state index < -0.39 is 0 Å². The number of nitrogens with one attached hydrogen (secondary N) is 1. The number of benzene rings is 1. The van der Waals surface area contributed by atoms with Crippen LogP contribution in [0.4, 0.5) is 5.69 Å². The number of rotatable bonds is 7. The van der Waals surface area contributed by atoms with E-state index in [4.69, 9.17) is 0 Å². The van der Waals surface area contributed by atoms with Gasteiger partial charge in [0.2, 0.25) is 0 Å². The fourth-order valence-electron chi connectivity index (χ4n) is 3.25. The van der Waals surface area contributed by atoms with Crippen LogP contribution < -0.4 is 10.2 Å². The molecule has 0 aliphatic heterocycles. The highest BCUT2D eigenvalue weighted by molar-refractivity contribution is 5.92. The van der Waals surface area contributed by atoms with E-state index in [1.54, 1.807) is 12.3 Å². The van der Waals surface area contributed by atoms with Gasteiger partial charge in [0.05, 0.1) is 11.9 Å². The van der Waals surface area contributed by atoms with Crippen LogP contribution in [-0.2, 0) is 6.54 Å². The van der Waals surface area contributed by atoms with E-state index in [1.807, 2.05) is 31.3 Å². The summed E-state index contributed by atoms with van der Waals surface area (Å²) in [5.74, 6) is -0.0985. The molecule has 0 saturated carbocycles. The van der Waals surface area contributed by atoms with Gasteiger partial charge in [-0.3, -0.25) is 4.79 Å². The first kappa shape index (κ1) is 18.2. The molecule has 1 aliphatic rings. The number of carbonyl (C=O) groups excluding carboxylic acids is 1. The zero-order valence-electron chi connectivity index (χ0n) is 15.4. The van der Waals surface area contributed by atoms with Crippen molar-refractivity contribution in [3.8, 4) is 0 Å². The van der Waals surface area contributed by atoms with Crippen molar-refractivity contribution in [3.63, 3.8) is 0 Å². The molecule has 1 aliphatic carbocycles. The number of allylic oxidation sites excluding steroid dienone is 1. The Balaban J connectivity index is 1.50. The van der Waals surface area contributed by atoms with Crippen molar-refractivity contribution in [2.75, 3.05) is 18.5 Å². The molecule has 3 rings (SSSR count). The van der Waals surface area contributed by atoms with E-state index >= 15 is 0 Å². The minimum absolute atomic E-state index is 0.0985. The molecule has 0 unspecified atom stereocenters. The molecule has 4 nitrogen and oxygen atoms in total. The number of hydrogen-bond acceptors (Lipinski definition) is 3. The molecular weight excluding hydrogens is 322 g/mol. The second-order valence-electron chi connectivity index (χ2n) is 6.86. The number of anilines is 1. The lowest BCUT2D eigenvalue weighted by Gasteiger charge is -2.19. The number of hydrogen-bond donors (Lipinski definition) is 1. The number of nitrogens with zero attached hydrogens (tertiary/aromatic N) is 2. The molecule has 1 aromatic heterocycles. The summed E-state index contributed by atoms with van der Waals surface area (Å²) in [5, 5.41) is 2.98. The highest BCUT2D eigenvalue weighted by Gasteiger charge is 2.09. The number of carbonyl (C=O) groups is 1. The van der Waals surface area contributed by atoms with Gasteiger partial charge < -0.3 is 10.2 Å². The fourth-order valence-corrected chi connectivity index (χ4v) is 3.25. The van der Waals surface area contributed by atoms with Gasteiger partial charge in [-0.2, -0.15) is 0 Å². The van der Waals surface area contributed by atoms with Crippen molar-refractivity contribution in [1.29, 1.82) is 0 Å². The molecule has 0 spiro atoms. The van der Waals surface area contributed by atoms with Crippen molar-refractivity contribution in [3.05, 3.63) is 71.6 Å². The number of amides is 1. The summed E-state index contributed by atoms with van der Waals surface area (Å²) in [6, 6.07) is 14.1. The lowest BCUT2D eigenvalue weighted by atomic mass is 9.97. The third kappa shape index (κ3) is 5.19. The summed E-state index contributed by atoms with van der Waals surface area (Å²) >= 11 is 0. The van der Waals surface area contributed by atoms with E-state index in [2.05, 4.69) is 33.4 Å². The lowest BCUT2D eigenvalue weighted by molar-refractivity contribution is 0.0949. The quantitative estimate of drug-likeness (QED) is 0.756. The largest absolute Gasteiger partial charge is 0.369 e. The SMILES string of the molecule is CN(Cc1ccccc1)c1ccc(C(=O)NCCC2=CCCCC2)nc1. The van der Waals surface area contributed by atoms with Crippen LogP contribution in [0.15, 0.2) is 60.3 Å². The Labute approximate surface area is 155 Å². The van der Waals surface area contributed by atoms with Gasteiger partial charge in [-0.15, -0.1) is 0 Å². The molecular formula is C22H27N3O. The topological polar surface area (TPSA) is 45.2 Å². The van der Waals surface area contributed by atoms with Crippen LogP contribution in [0.3, 0.4) is 0 Å². The molecule has 1 amide bonds. The van der Waals surface area contributed by atoms with E-state index in [0.717, 1.165) is 18.7 Å². The maximum absolute atomic E-state index is 12.3. The molecule has 0 saturated heterocycles. The summed E-state index contributed by atoms with van der Waals surface area (Å²) in [4.78, 5) is 18.7. The summed E-state index contributed by atoms with van der Waals surface area (Å²) in [6.07, 6.45) is 9.97. The summed E-state index contributed by atoms with van der Waals surface area (Å²) in [5.41, 5.74) is 4.19. The summed E-state index contributed by atoms with van der Waals surface area (Å²) in [7, 11) is 2.03. The van der Waals surface area contributed by atoms with Gasteiger partial charge in [-0.1, -0.05) is 42.0 Å². The molecule has 0 fully saturated rings. The van der Waals surface area contributed by atoms with E-state index in [9.17, 15) is 4.79 Å². The maximum Gasteiger partial charge on any atom is 0.269 e. The van der Waals surface area contributed by atoms with Gasteiger partial charge in [0.25, 0.3) is 5.91 Å². The van der Waals surface area contributed by atoms with Crippen LogP contribution in [0.5, 0.6) is 0 Å². The Morgan fingerprint density at radius 1 is 1.15 bits per heavy atom. The van der Waals surface area contributed by atoms with Gasteiger partial charge in [0.1, 0.15) is 5.69 Å². The van der Waals surface area contributed by atoms with Crippen LogP contribution >= 0.6 is 0 Å². The predicted molar refractivity (Wildman–Crippen MR) is 106 cm³/mol. The average molecular weight is 349 g/mol. The zero-order valence-corrected chi connectivity index (χ0v) is 15.4. The highest BCUT2D eigenvalue weighted by atomic mass is 16.1. The Morgan fingerprint density at radius 2 is 2.00 bits per heavy atom. The molecule has 1 aromatic carbocycles. The predicted octanol–water partition coefficient (Wildman–Crippen LogP) is 4.34. The molecule has 0 radical (unpaired) electrons. The van der Waals surface area contributed by atoms with E-state index in [1.165, 1.54) is 36.8 Å². The first-order chi connectivity index (χ1) is 12.7. The Bertz CT molecular complexity index is 738. The van der Waals surface area contributed by atoms with Gasteiger partial charge >= 0.3 is 0 Å². The Hall–Kier alpha value is -2.62. The molecule has 26 heavy (non-hydrogen) atoms. The normalized spacial score (nSPS) is 13.8. The third-order valence-electron chi connectivity index (χ3n) is 4.80. The van der Waals surface area contributed by atoms with Gasteiger partial charge in [0, 0.05) is 20.1 Å². The average Bonchev–Trinajstić information content (AvgIpc) is 2.69. The Kier molecular flexibility index (Phi) is 6.42. The van der Waals surface area contributed by atoms with Crippen LogP contribution in [0.25, 0.3) is 0 Å². The third-order valence-corrected chi connectivity index (χ3v) is 4.80. The van der Waals surface area contributed by atoms with E-state index in [-0.39, 0.29) is 5.91 Å². The summed E-state index contributed by atoms with van der Waals surface area (Å²) in [6.45, 7) is 1.49. The smallest absolute Gasteiger partial charge is 0.269 e. The molecule has 136 valence electrons. The number of pyridine rings is 1. The molecule has 1 N–H and O–H groups in total. The fraction of sp³-hybridized carbons (Fsp3) is 0.364. The Morgan fingerprint density at radius 3 is 2.69 bits per heavy atom. The standard InChI is InChI=1S/C22H27N3O/c1-25(17-19-10-6-3-7-11-19)20-12-13-21(24-16-20)22(26)23-15-14-18-8-4-2-5-9-18/h3,6-8,10-13,16H,2,4-5,9,14-15,17H2,1H3,(H,23,26). The molecule has 4 heteroatoms. The van der Waals surface area contributed by atoms with Crippen LogP contribution in [0.2, 0.25) is 0 Å². The molecule has 0 atom stereocenters. The molecule has 2 aromatic rings. The summed E-state index contributed by atoms with van der Waals surface area (Å²) < 4.78 is 0. The molecule has 1 heterocycles. The van der Waals surface area contributed by atoms with Crippen LogP contribution in [-0.4, -0.2) is 24.5 Å². The zero-order chi connectivity index (χ0) is 18.2. The van der Waals surface area contributed by atoms with Gasteiger partial charge in [0.15, 0.2) is 0 Å². The monoisotopic (exact) mass is 349 g/mol. The van der Waals surface area contributed by atoms with Crippen molar-refractivity contribution >= 4 is 11.6 Å². The lowest BCUT2D eigenvalue weighted by Crippen LogP contribution is -2.26. The van der Waals surface area contributed by atoms with Crippen molar-refractivity contribution in [2.24, 2.45) is 0 Å². The number of aromatic nitrogens is 1. The van der Waals surface area contributed by atoms with Crippen LogP contribution in [0, 0.1) is 0 Å². The van der Waals surface area contributed by atoms with Crippen molar-refractivity contribution < 1.29 is 4.79 Å². The second kappa shape index (κ2) is 9.18. The first-order valence-electron chi connectivity index (χ1n) is 9.39. The minimum atomic E-state index is -0.0985. The first-order valence-corrected chi connectivity index (χ1v) is 9.39. The maximum atomic E-state index is 12.3. The highest BCUT2D eigenvalue weighted by Crippen LogP contribution is 2.19. The van der Waals surface area contributed by atoms with E-state index in [0.29, 0.717) is 12.2 Å². The van der Waals surface area contributed by atoms with Crippen molar-refractivity contribution in [2.45, 2.75) is 38.6 Å². The van der Waals surface area contributed by atoms with Gasteiger partial charge in [-0.05, 0) is 49.8 Å². The van der Waals surface area contributed by atoms with Crippen molar-refractivity contribution in [1.82, 2.24) is 10.3 Å². The van der Waals surface area contributed by atoms with Crippen LogP contribution in [0.1, 0.15) is 48.2 Å². The van der Waals surface area contributed by atoms with Gasteiger partial charge in [-0.25, -0.2) is 4.98 Å². The second-order valence-corrected chi connectivity index (χ2v) is 6.86. The minimum Gasteiger partial charge on any atom is -0.369 e. The molecule has 0 bridgehead atoms.